The van der Waals surface area contributed by atoms with Crippen molar-refractivity contribution in [1.29, 1.82) is 0 Å². The fourth-order valence-corrected chi connectivity index (χ4v) is 4.73. The lowest BCUT2D eigenvalue weighted by Gasteiger charge is -2.40. The molecule has 172 valence electrons. The molecule has 4 rings (SSSR count). The van der Waals surface area contributed by atoms with Crippen LogP contribution in [-0.2, 0) is 11.2 Å². The van der Waals surface area contributed by atoms with E-state index in [-0.39, 0.29) is 0 Å². The van der Waals surface area contributed by atoms with Crippen molar-refractivity contribution in [3.8, 4) is 5.75 Å². The van der Waals surface area contributed by atoms with E-state index in [1.807, 2.05) is 31.2 Å². The van der Waals surface area contributed by atoms with E-state index in [1.165, 1.54) is 0 Å². The van der Waals surface area contributed by atoms with Gasteiger partial charge in [-0.15, -0.1) is 0 Å². The summed E-state index contributed by atoms with van der Waals surface area (Å²) in [5.74, 6) is 0.782. The van der Waals surface area contributed by atoms with Crippen LogP contribution in [-0.4, -0.2) is 62.6 Å². The van der Waals surface area contributed by atoms with Crippen molar-refractivity contribution in [2.45, 2.75) is 44.0 Å². The van der Waals surface area contributed by atoms with Crippen molar-refractivity contribution in [1.82, 2.24) is 4.57 Å². The molecule has 32 heavy (non-hydrogen) atoms. The van der Waals surface area contributed by atoms with Gasteiger partial charge in [-0.25, -0.2) is 0 Å². The molecule has 0 radical (unpaired) electrons. The second-order valence-corrected chi connectivity index (χ2v) is 8.66. The molecule has 1 aromatic heterocycles. The number of hydrogen-bond donors (Lipinski definition) is 4. The Balaban J connectivity index is 1.77. The Hall–Kier alpha value is -1.84. The Labute approximate surface area is 195 Å². The molecule has 9 heteroatoms. The number of aliphatic hydroxyl groups excluding tert-OH is 4. The van der Waals surface area contributed by atoms with Crippen LogP contribution in [0.5, 0.6) is 5.75 Å². The SMILES string of the molecule is CCOc1ccc(Cc2cn([C@@H]3O[C@H](CO)[C@@H](O)[C@H](O)[C@H]3O)c3cc(Cl)cc(Cl)c23)cc1. The smallest absolute Gasteiger partial charge is 0.163 e. The molecule has 3 aromatic rings. The fourth-order valence-electron chi connectivity index (χ4n) is 4.13. The van der Waals surface area contributed by atoms with Crippen molar-refractivity contribution in [3.05, 3.63) is 63.8 Å². The van der Waals surface area contributed by atoms with Crippen molar-refractivity contribution in [2.24, 2.45) is 0 Å². The first-order valence-corrected chi connectivity index (χ1v) is 11.1. The Kier molecular flexibility index (Phi) is 6.97. The van der Waals surface area contributed by atoms with Crippen molar-refractivity contribution >= 4 is 34.1 Å². The zero-order chi connectivity index (χ0) is 23.0. The van der Waals surface area contributed by atoms with E-state index in [9.17, 15) is 20.4 Å². The van der Waals surface area contributed by atoms with Gasteiger partial charge in [-0.05, 0) is 48.7 Å². The van der Waals surface area contributed by atoms with Gasteiger partial charge in [0.1, 0.15) is 30.2 Å². The Morgan fingerprint density at radius 1 is 1.03 bits per heavy atom. The van der Waals surface area contributed by atoms with Gasteiger partial charge in [-0.3, -0.25) is 0 Å². The third kappa shape index (κ3) is 4.34. The zero-order valence-electron chi connectivity index (χ0n) is 17.4. The van der Waals surface area contributed by atoms with Crippen molar-refractivity contribution in [2.75, 3.05) is 13.2 Å². The summed E-state index contributed by atoms with van der Waals surface area (Å²) in [5.41, 5.74) is 2.49. The van der Waals surface area contributed by atoms with Gasteiger partial charge in [-0.1, -0.05) is 35.3 Å². The first-order chi connectivity index (χ1) is 15.3. The monoisotopic (exact) mass is 481 g/mol. The highest BCUT2D eigenvalue weighted by molar-refractivity contribution is 6.38. The van der Waals surface area contributed by atoms with Gasteiger partial charge in [0.2, 0.25) is 0 Å². The van der Waals surface area contributed by atoms with Crippen LogP contribution < -0.4 is 4.74 Å². The lowest BCUT2D eigenvalue weighted by molar-refractivity contribution is -0.250. The maximum absolute atomic E-state index is 10.6. The van der Waals surface area contributed by atoms with E-state index in [0.29, 0.717) is 28.6 Å². The summed E-state index contributed by atoms with van der Waals surface area (Å²) in [5, 5.41) is 42.2. The predicted octanol–water partition coefficient (Wildman–Crippen LogP) is 2.91. The number of aliphatic hydroxyl groups is 4. The van der Waals surface area contributed by atoms with Crippen LogP contribution in [0.2, 0.25) is 10.0 Å². The maximum atomic E-state index is 10.6. The quantitative estimate of drug-likeness (QED) is 0.431. The summed E-state index contributed by atoms with van der Waals surface area (Å²) in [6, 6.07) is 11.1. The van der Waals surface area contributed by atoms with Crippen molar-refractivity contribution < 1.29 is 29.9 Å². The number of hydrogen-bond acceptors (Lipinski definition) is 6. The molecule has 0 amide bonds. The summed E-state index contributed by atoms with van der Waals surface area (Å²) in [4.78, 5) is 0. The van der Waals surface area contributed by atoms with E-state index in [2.05, 4.69) is 0 Å². The van der Waals surface area contributed by atoms with Gasteiger partial charge in [-0.2, -0.15) is 0 Å². The maximum Gasteiger partial charge on any atom is 0.163 e. The molecule has 1 aliphatic rings. The molecule has 2 heterocycles. The average molecular weight is 482 g/mol. The van der Waals surface area contributed by atoms with Gasteiger partial charge in [0.15, 0.2) is 6.23 Å². The second kappa shape index (κ2) is 9.57. The van der Waals surface area contributed by atoms with Crippen LogP contribution in [0.4, 0.5) is 0 Å². The van der Waals surface area contributed by atoms with E-state index in [4.69, 9.17) is 32.7 Å². The van der Waals surface area contributed by atoms with E-state index >= 15 is 0 Å². The van der Waals surface area contributed by atoms with E-state index in [0.717, 1.165) is 22.3 Å². The van der Waals surface area contributed by atoms with E-state index < -0.39 is 37.3 Å². The molecule has 2 aromatic carbocycles. The number of benzene rings is 2. The molecule has 5 atom stereocenters. The highest BCUT2D eigenvalue weighted by atomic mass is 35.5. The first-order valence-electron chi connectivity index (χ1n) is 10.3. The first kappa shape index (κ1) is 23.3. The minimum atomic E-state index is -1.49. The lowest BCUT2D eigenvalue weighted by Crippen LogP contribution is -2.56. The summed E-state index contributed by atoms with van der Waals surface area (Å²) < 4.78 is 12.9. The van der Waals surface area contributed by atoms with Crippen LogP contribution in [0.15, 0.2) is 42.6 Å². The molecule has 0 bridgehead atoms. The van der Waals surface area contributed by atoms with Gasteiger partial charge in [0, 0.05) is 16.6 Å². The van der Waals surface area contributed by atoms with Crippen LogP contribution in [0.1, 0.15) is 24.3 Å². The number of halogens is 2. The lowest BCUT2D eigenvalue weighted by atomic mass is 9.98. The van der Waals surface area contributed by atoms with Crippen molar-refractivity contribution in [3.63, 3.8) is 0 Å². The molecule has 7 nitrogen and oxygen atoms in total. The van der Waals surface area contributed by atoms with Crippen LogP contribution in [0, 0.1) is 0 Å². The number of aromatic nitrogens is 1. The van der Waals surface area contributed by atoms with E-state index in [1.54, 1.807) is 22.9 Å². The fraction of sp³-hybridized carbons (Fsp3) is 0.391. The van der Waals surface area contributed by atoms with Crippen LogP contribution >= 0.6 is 23.2 Å². The molecule has 1 aliphatic heterocycles. The largest absolute Gasteiger partial charge is 0.494 e. The third-order valence-electron chi connectivity index (χ3n) is 5.70. The van der Waals surface area contributed by atoms with Gasteiger partial charge in [0.05, 0.1) is 23.8 Å². The minimum Gasteiger partial charge on any atom is -0.494 e. The standard InChI is InChI=1S/C23H25Cl2NO6/c1-2-31-15-5-3-12(4-6-15)7-13-10-26(17-9-14(24)8-16(25)19(13)17)23-22(30)21(29)20(28)18(11-27)32-23/h3-6,8-10,18,20-23,27-30H,2,7,11H2,1H3/t18-,20-,21+,22-,23-/m1/s1. The van der Waals surface area contributed by atoms with Gasteiger partial charge < -0.3 is 34.5 Å². The number of ether oxygens (including phenoxy) is 2. The molecule has 0 spiro atoms. The third-order valence-corrected chi connectivity index (χ3v) is 6.21. The zero-order valence-corrected chi connectivity index (χ0v) is 18.9. The summed E-state index contributed by atoms with van der Waals surface area (Å²) >= 11 is 12.8. The Morgan fingerprint density at radius 2 is 1.75 bits per heavy atom. The molecule has 1 fully saturated rings. The molecule has 4 N–H and O–H groups in total. The average Bonchev–Trinajstić information content (AvgIpc) is 3.12. The summed E-state index contributed by atoms with van der Waals surface area (Å²) in [6.07, 6.45) is -4.13. The summed E-state index contributed by atoms with van der Waals surface area (Å²) in [7, 11) is 0. The number of rotatable bonds is 6. The molecule has 0 saturated carbocycles. The summed E-state index contributed by atoms with van der Waals surface area (Å²) in [6.45, 7) is 2.00. The molecular weight excluding hydrogens is 457 g/mol. The molecule has 1 saturated heterocycles. The van der Waals surface area contributed by atoms with Gasteiger partial charge >= 0.3 is 0 Å². The normalized spacial score (nSPS) is 25.9. The predicted molar refractivity (Wildman–Crippen MR) is 121 cm³/mol. The Morgan fingerprint density at radius 3 is 2.41 bits per heavy atom. The number of fused-ring (bicyclic) bond motifs is 1. The molecule has 0 aliphatic carbocycles. The Bertz CT molecular complexity index is 1080. The number of nitrogens with zero attached hydrogens (tertiary/aromatic N) is 1. The molecule has 0 unspecified atom stereocenters. The van der Waals surface area contributed by atoms with Crippen LogP contribution in [0.3, 0.4) is 0 Å². The van der Waals surface area contributed by atoms with Crippen LogP contribution in [0.25, 0.3) is 10.9 Å². The highest BCUT2D eigenvalue weighted by Crippen LogP contribution is 2.38. The second-order valence-electron chi connectivity index (χ2n) is 7.82. The highest BCUT2D eigenvalue weighted by Gasteiger charge is 2.44. The minimum absolute atomic E-state index is 0.402. The van der Waals surface area contributed by atoms with Gasteiger partial charge in [0.25, 0.3) is 0 Å². The topological polar surface area (TPSA) is 104 Å². The molecular formula is C23H25Cl2NO6.